The van der Waals surface area contributed by atoms with Gasteiger partial charge < -0.3 is 0 Å². The minimum absolute atomic E-state index is 0.289. The van der Waals surface area contributed by atoms with E-state index < -0.39 is 0 Å². The fourth-order valence-corrected chi connectivity index (χ4v) is 0.612. The van der Waals surface area contributed by atoms with Gasteiger partial charge in [-0.1, -0.05) is 0 Å². The lowest BCUT2D eigenvalue weighted by atomic mass is 11.0. The second kappa shape index (κ2) is 1.02. The van der Waals surface area contributed by atoms with Crippen molar-refractivity contribution in [2.45, 2.75) is 17.2 Å². The van der Waals surface area contributed by atoms with Gasteiger partial charge in [-0.15, -0.1) is 23.2 Å². The maximum atomic E-state index is 5.40. The Kier molecular flexibility index (Phi) is 0.768. The average Bonchev–Trinajstić information content (AvgIpc) is 1.79. The number of alkyl halides is 2. The van der Waals surface area contributed by atoms with Crippen LogP contribution in [0.3, 0.4) is 0 Å². The van der Waals surface area contributed by atoms with Gasteiger partial charge in [0.25, 0.3) is 0 Å². The van der Waals surface area contributed by atoms with E-state index in [1.54, 1.807) is 0 Å². The molecule has 1 saturated carbocycles. The molecule has 1 rings (SSSR count). The van der Waals surface area contributed by atoms with Gasteiger partial charge in [0.05, 0.1) is 10.8 Å². The first-order valence-corrected chi connectivity index (χ1v) is 2.46. The maximum Gasteiger partial charge on any atom is 0.0514 e. The van der Waals surface area contributed by atoms with E-state index in [2.05, 4.69) is 0 Å². The Morgan fingerprint density at radius 2 is 1.40 bits per heavy atom. The molecule has 0 aromatic heterocycles. The monoisotopic (exact) mass is 110 g/mol. The molecule has 1 unspecified atom stereocenters. The van der Waals surface area contributed by atoms with E-state index in [-0.39, 0.29) is 10.8 Å². The fraction of sp³-hybridized carbons (Fsp3) is 1.00. The molecule has 2 atom stereocenters. The van der Waals surface area contributed by atoms with Crippen molar-refractivity contribution in [2.75, 3.05) is 0 Å². The van der Waals surface area contributed by atoms with E-state index in [1.807, 2.05) is 0 Å². The van der Waals surface area contributed by atoms with Gasteiger partial charge in [0.1, 0.15) is 0 Å². The molecule has 0 radical (unpaired) electrons. The molecule has 0 aromatic rings. The van der Waals surface area contributed by atoms with Gasteiger partial charge in [0, 0.05) is 0 Å². The summed E-state index contributed by atoms with van der Waals surface area (Å²) < 4.78 is 0. The Hall–Kier alpha value is 0.580. The zero-order valence-electron chi connectivity index (χ0n) is 2.62. The molecule has 0 aliphatic heterocycles. The third-order valence-electron chi connectivity index (χ3n) is 0.640. The summed E-state index contributed by atoms with van der Waals surface area (Å²) in [6, 6.07) is 0. The fourth-order valence-electron chi connectivity index (χ4n) is 0.137. The van der Waals surface area contributed by atoms with Crippen LogP contribution in [0.25, 0.3) is 0 Å². The van der Waals surface area contributed by atoms with Crippen LogP contribution >= 0.6 is 23.2 Å². The number of hydrogen-bond acceptors (Lipinski definition) is 0. The van der Waals surface area contributed by atoms with Crippen LogP contribution in [-0.2, 0) is 0 Å². The normalized spacial score (nSPS) is 49.2. The minimum Gasteiger partial charge on any atom is -0.121 e. The lowest BCUT2D eigenvalue weighted by Gasteiger charge is -1.62. The summed E-state index contributed by atoms with van der Waals surface area (Å²) in [7, 11) is 0. The third kappa shape index (κ3) is 0.704. The molecular formula is C3H4Cl2. The lowest BCUT2D eigenvalue weighted by molar-refractivity contribution is 1.50. The van der Waals surface area contributed by atoms with Crippen LogP contribution in [0.4, 0.5) is 0 Å². The molecule has 0 bridgehead atoms. The average molecular weight is 111 g/mol. The van der Waals surface area contributed by atoms with E-state index >= 15 is 0 Å². The number of hydrogen-bond donors (Lipinski definition) is 0. The Bertz CT molecular complexity index is 38.2. The molecular weight excluding hydrogens is 107 g/mol. The van der Waals surface area contributed by atoms with Crippen molar-refractivity contribution in [1.29, 1.82) is 0 Å². The quantitative estimate of drug-likeness (QED) is 0.416. The van der Waals surface area contributed by atoms with Crippen molar-refractivity contribution >= 4 is 23.2 Å². The molecule has 0 N–H and O–H groups in total. The summed E-state index contributed by atoms with van der Waals surface area (Å²) in [5.74, 6) is 0. The maximum absolute atomic E-state index is 5.40. The number of halogens is 2. The molecule has 0 nitrogen and oxygen atoms in total. The Morgan fingerprint density at radius 1 is 1.20 bits per heavy atom. The smallest absolute Gasteiger partial charge is 0.0514 e. The Balaban J connectivity index is 2.20. The highest BCUT2D eigenvalue weighted by Gasteiger charge is 2.32. The highest BCUT2D eigenvalue weighted by atomic mass is 35.5. The van der Waals surface area contributed by atoms with Crippen LogP contribution in [0.1, 0.15) is 6.42 Å². The minimum atomic E-state index is 0.289. The van der Waals surface area contributed by atoms with Crippen LogP contribution in [0.15, 0.2) is 0 Å². The highest BCUT2D eigenvalue weighted by molar-refractivity contribution is 6.34. The predicted octanol–water partition coefficient (Wildman–Crippen LogP) is 1.60. The second-order valence-corrected chi connectivity index (χ2v) is 2.39. The van der Waals surface area contributed by atoms with Crippen LogP contribution in [-0.4, -0.2) is 10.8 Å². The van der Waals surface area contributed by atoms with Crippen molar-refractivity contribution in [1.82, 2.24) is 0 Å². The molecule has 5 heavy (non-hydrogen) atoms. The highest BCUT2D eigenvalue weighted by Crippen LogP contribution is 2.33. The lowest BCUT2D eigenvalue weighted by Crippen LogP contribution is -1.63. The molecule has 1 aliphatic rings. The zero-order valence-corrected chi connectivity index (χ0v) is 4.13. The molecule has 1 fully saturated rings. The van der Waals surface area contributed by atoms with Gasteiger partial charge >= 0.3 is 0 Å². The SMILES string of the molecule is ClC1C[C@@H]1Cl. The van der Waals surface area contributed by atoms with Gasteiger partial charge in [-0.3, -0.25) is 0 Å². The Labute approximate surface area is 41.1 Å². The molecule has 2 heteroatoms. The van der Waals surface area contributed by atoms with Gasteiger partial charge in [0.2, 0.25) is 0 Å². The summed E-state index contributed by atoms with van der Waals surface area (Å²) in [5, 5.41) is 0.577. The second-order valence-electron chi connectivity index (χ2n) is 1.27. The van der Waals surface area contributed by atoms with Gasteiger partial charge in [-0.05, 0) is 6.42 Å². The van der Waals surface area contributed by atoms with Crippen molar-refractivity contribution in [3.05, 3.63) is 0 Å². The van der Waals surface area contributed by atoms with E-state index in [0.717, 1.165) is 6.42 Å². The van der Waals surface area contributed by atoms with Crippen molar-refractivity contribution in [3.8, 4) is 0 Å². The third-order valence-corrected chi connectivity index (χ3v) is 1.73. The van der Waals surface area contributed by atoms with Gasteiger partial charge in [-0.25, -0.2) is 0 Å². The standard InChI is InChI=1S/C3H4Cl2/c4-2-1-3(2)5/h2-3H,1H2/t2-,3?/m0/s1. The van der Waals surface area contributed by atoms with E-state index in [1.165, 1.54) is 0 Å². The molecule has 30 valence electrons. The number of rotatable bonds is 0. The predicted molar refractivity (Wildman–Crippen MR) is 23.9 cm³/mol. The first-order valence-electron chi connectivity index (χ1n) is 1.59. The first kappa shape index (κ1) is 3.76. The first-order chi connectivity index (χ1) is 2.30. The van der Waals surface area contributed by atoms with Crippen molar-refractivity contribution in [3.63, 3.8) is 0 Å². The van der Waals surface area contributed by atoms with E-state index in [4.69, 9.17) is 23.2 Å². The zero-order chi connectivity index (χ0) is 3.86. The largest absolute Gasteiger partial charge is 0.121 e. The van der Waals surface area contributed by atoms with E-state index in [0.29, 0.717) is 0 Å². The summed E-state index contributed by atoms with van der Waals surface area (Å²) in [6.45, 7) is 0. The molecule has 0 saturated heterocycles. The van der Waals surface area contributed by atoms with Crippen LogP contribution in [0, 0.1) is 0 Å². The van der Waals surface area contributed by atoms with Crippen molar-refractivity contribution < 1.29 is 0 Å². The molecule has 1 aliphatic carbocycles. The topological polar surface area (TPSA) is 0 Å². The summed E-state index contributed by atoms with van der Waals surface area (Å²) in [6.07, 6.45) is 1.00. The molecule has 0 amide bonds. The van der Waals surface area contributed by atoms with Crippen LogP contribution in [0.2, 0.25) is 0 Å². The molecule has 0 aromatic carbocycles. The molecule has 0 heterocycles. The molecule has 0 spiro atoms. The van der Waals surface area contributed by atoms with Gasteiger partial charge in [0.15, 0.2) is 0 Å². The summed E-state index contributed by atoms with van der Waals surface area (Å²) >= 11 is 10.8. The van der Waals surface area contributed by atoms with Crippen LogP contribution < -0.4 is 0 Å². The summed E-state index contributed by atoms with van der Waals surface area (Å²) in [4.78, 5) is 0. The Morgan fingerprint density at radius 3 is 1.40 bits per heavy atom. The van der Waals surface area contributed by atoms with Gasteiger partial charge in [-0.2, -0.15) is 0 Å². The van der Waals surface area contributed by atoms with Crippen LogP contribution in [0.5, 0.6) is 0 Å². The van der Waals surface area contributed by atoms with Crippen molar-refractivity contribution in [2.24, 2.45) is 0 Å². The summed E-state index contributed by atoms with van der Waals surface area (Å²) in [5.41, 5.74) is 0. The van der Waals surface area contributed by atoms with E-state index in [9.17, 15) is 0 Å².